The van der Waals surface area contributed by atoms with Crippen molar-refractivity contribution < 1.29 is 0 Å². The summed E-state index contributed by atoms with van der Waals surface area (Å²) in [5.74, 6) is 1.17. The summed E-state index contributed by atoms with van der Waals surface area (Å²) >= 11 is 1.77. The van der Waals surface area contributed by atoms with Crippen LogP contribution in [-0.4, -0.2) is 11.3 Å². The molecule has 0 aromatic rings. The van der Waals surface area contributed by atoms with Crippen molar-refractivity contribution in [1.82, 2.24) is 5.32 Å². The van der Waals surface area contributed by atoms with Gasteiger partial charge in [-0.1, -0.05) is 0 Å². The van der Waals surface area contributed by atoms with Gasteiger partial charge >= 0.3 is 0 Å². The molecular formula is C5H11N2S. The van der Waals surface area contributed by atoms with E-state index >= 15 is 0 Å². The third-order valence-corrected chi connectivity index (χ3v) is 2.08. The first-order valence-electron chi connectivity index (χ1n) is 2.75. The zero-order valence-corrected chi connectivity index (χ0v) is 5.79. The van der Waals surface area contributed by atoms with Crippen LogP contribution in [0.4, 0.5) is 0 Å². The predicted molar refractivity (Wildman–Crippen MR) is 37.1 cm³/mol. The SMILES string of the molecule is C[C]1CCSC(N)N1. The third kappa shape index (κ3) is 1.65. The highest BCUT2D eigenvalue weighted by Crippen LogP contribution is 2.17. The van der Waals surface area contributed by atoms with Crippen molar-refractivity contribution in [1.29, 1.82) is 0 Å². The van der Waals surface area contributed by atoms with Crippen molar-refractivity contribution in [3.05, 3.63) is 6.04 Å². The Hall–Kier alpha value is 0.270. The molecule has 0 aromatic carbocycles. The smallest absolute Gasteiger partial charge is 0.103 e. The second kappa shape index (κ2) is 2.71. The molecule has 8 heavy (non-hydrogen) atoms. The molecule has 3 heteroatoms. The maximum Gasteiger partial charge on any atom is 0.103 e. The largest absolute Gasteiger partial charge is 0.307 e. The maximum atomic E-state index is 5.56. The van der Waals surface area contributed by atoms with Crippen molar-refractivity contribution in [3.8, 4) is 0 Å². The molecule has 1 heterocycles. The van der Waals surface area contributed by atoms with Gasteiger partial charge in [0.25, 0.3) is 0 Å². The molecule has 0 saturated carbocycles. The van der Waals surface area contributed by atoms with Gasteiger partial charge in [-0.3, -0.25) is 5.32 Å². The summed E-state index contributed by atoms with van der Waals surface area (Å²) in [6.07, 6.45) is 1.17. The van der Waals surface area contributed by atoms with E-state index in [9.17, 15) is 0 Å². The summed E-state index contributed by atoms with van der Waals surface area (Å²) in [5.41, 5.74) is 5.70. The molecule has 1 fully saturated rings. The summed E-state index contributed by atoms with van der Waals surface area (Å²) < 4.78 is 0. The second-order valence-electron chi connectivity index (χ2n) is 1.97. The number of nitrogens with two attached hydrogens (primary N) is 1. The van der Waals surface area contributed by atoms with E-state index in [0.717, 1.165) is 0 Å². The molecule has 1 aliphatic heterocycles. The van der Waals surface area contributed by atoms with Gasteiger partial charge in [0.1, 0.15) is 5.50 Å². The Morgan fingerprint density at radius 1 is 1.88 bits per heavy atom. The van der Waals surface area contributed by atoms with Crippen LogP contribution in [0.3, 0.4) is 0 Å². The van der Waals surface area contributed by atoms with Crippen molar-refractivity contribution in [3.63, 3.8) is 0 Å². The molecule has 0 bridgehead atoms. The minimum absolute atomic E-state index is 0.142. The minimum Gasteiger partial charge on any atom is -0.307 e. The Balaban J connectivity index is 2.23. The van der Waals surface area contributed by atoms with Crippen LogP contribution in [0.1, 0.15) is 13.3 Å². The Kier molecular flexibility index (Phi) is 2.16. The first-order chi connectivity index (χ1) is 3.79. The average molecular weight is 131 g/mol. The fourth-order valence-electron chi connectivity index (χ4n) is 0.696. The van der Waals surface area contributed by atoms with Crippen LogP contribution in [0.5, 0.6) is 0 Å². The summed E-state index contributed by atoms with van der Waals surface area (Å²) in [7, 11) is 0. The summed E-state index contributed by atoms with van der Waals surface area (Å²) in [4.78, 5) is 0. The van der Waals surface area contributed by atoms with Crippen molar-refractivity contribution >= 4 is 11.8 Å². The molecule has 1 radical (unpaired) electrons. The zero-order chi connectivity index (χ0) is 5.98. The number of hydrogen-bond acceptors (Lipinski definition) is 3. The van der Waals surface area contributed by atoms with Gasteiger partial charge in [-0.2, -0.15) is 0 Å². The quantitative estimate of drug-likeness (QED) is 0.503. The Morgan fingerprint density at radius 3 is 3.00 bits per heavy atom. The number of thioether (sulfide) groups is 1. The Morgan fingerprint density at radius 2 is 2.62 bits per heavy atom. The highest BCUT2D eigenvalue weighted by atomic mass is 32.2. The lowest BCUT2D eigenvalue weighted by atomic mass is 10.3. The molecule has 3 N–H and O–H groups in total. The highest BCUT2D eigenvalue weighted by Gasteiger charge is 2.13. The maximum absolute atomic E-state index is 5.56. The first-order valence-corrected chi connectivity index (χ1v) is 3.80. The van der Waals surface area contributed by atoms with Crippen LogP contribution in [0, 0.1) is 6.04 Å². The lowest BCUT2D eigenvalue weighted by Crippen LogP contribution is -2.39. The van der Waals surface area contributed by atoms with Gasteiger partial charge in [0, 0.05) is 6.04 Å². The summed E-state index contributed by atoms with van der Waals surface area (Å²) in [6, 6.07) is 1.32. The van der Waals surface area contributed by atoms with Gasteiger partial charge in [-0.15, -0.1) is 11.8 Å². The van der Waals surface area contributed by atoms with E-state index in [-0.39, 0.29) is 5.50 Å². The Bertz CT molecular complexity index is 68.8. The van der Waals surface area contributed by atoms with Crippen LogP contribution >= 0.6 is 11.8 Å². The molecule has 1 atom stereocenters. The van der Waals surface area contributed by atoms with Gasteiger partial charge in [0.05, 0.1) is 0 Å². The van der Waals surface area contributed by atoms with Crippen LogP contribution < -0.4 is 11.1 Å². The normalized spacial score (nSPS) is 33.0. The van der Waals surface area contributed by atoms with Crippen LogP contribution in [-0.2, 0) is 0 Å². The lowest BCUT2D eigenvalue weighted by Gasteiger charge is -2.23. The van der Waals surface area contributed by atoms with E-state index in [1.165, 1.54) is 18.2 Å². The summed E-state index contributed by atoms with van der Waals surface area (Å²) in [6.45, 7) is 2.08. The fourth-order valence-corrected chi connectivity index (χ4v) is 1.66. The van der Waals surface area contributed by atoms with E-state index < -0.39 is 0 Å². The summed E-state index contributed by atoms with van der Waals surface area (Å²) in [5, 5.41) is 3.14. The molecule has 1 unspecified atom stereocenters. The zero-order valence-electron chi connectivity index (χ0n) is 4.98. The van der Waals surface area contributed by atoms with Crippen molar-refractivity contribution in [2.75, 3.05) is 5.75 Å². The molecule has 2 nitrogen and oxygen atoms in total. The van der Waals surface area contributed by atoms with Crippen LogP contribution in [0.15, 0.2) is 0 Å². The Labute approximate surface area is 54.2 Å². The molecular weight excluding hydrogens is 120 g/mol. The first kappa shape index (κ1) is 6.39. The number of rotatable bonds is 0. The predicted octanol–water partition coefficient (Wildman–Crippen LogP) is 0.507. The second-order valence-corrected chi connectivity index (χ2v) is 3.22. The van der Waals surface area contributed by atoms with Gasteiger partial charge in [0.15, 0.2) is 0 Å². The van der Waals surface area contributed by atoms with Gasteiger partial charge in [-0.05, 0) is 19.1 Å². The number of nitrogens with one attached hydrogen (secondary N) is 1. The molecule has 1 aliphatic rings. The highest BCUT2D eigenvalue weighted by molar-refractivity contribution is 7.99. The van der Waals surface area contributed by atoms with Crippen molar-refractivity contribution in [2.45, 2.75) is 18.8 Å². The molecule has 1 saturated heterocycles. The standard InChI is InChI=1S/C5H11N2S/c1-4-2-3-8-5(6)7-4/h5,7H,2-3,6H2,1H3. The number of hydrogen-bond donors (Lipinski definition) is 2. The molecule has 0 aliphatic carbocycles. The van der Waals surface area contributed by atoms with E-state index in [4.69, 9.17) is 5.73 Å². The van der Waals surface area contributed by atoms with E-state index in [2.05, 4.69) is 12.2 Å². The molecule has 0 aromatic heterocycles. The van der Waals surface area contributed by atoms with Gasteiger partial charge in [0.2, 0.25) is 0 Å². The van der Waals surface area contributed by atoms with Crippen LogP contribution in [0.25, 0.3) is 0 Å². The molecule has 1 rings (SSSR count). The average Bonchev–Trinajstić information content (AvgIpc) is 1.64. The minimum atomic E-state index is 0.142. The lowest BCUT2D eigenvalue weighted by molar-refractivity contribution is 0.627. The molecule has 0 spiro atoms. The van der Waals surface area contributed by atoms with E-state index in [0.29, 0.717) is 0 Å². The topological polar surface area (TPSA) is 38.0 Å². The van der Waals surface area contributed by atoms with E-state index in [1.54, 1.807) is 11.8 Å². The fraction of sp³-hybridized carbons (Fsp3) is 0.800. The van der Waals surface area contributed by atoms with E-state index in [1.807, 2.05) is 0 Å². The molecule has 47 valence electrons. The van der Waals surface area contributed by atoms with Crippen LogP contribution in [0.2, 0.25) is 0 Å². The van der Waals surface area contributed by atoms with Crippen molar-refractivity contribution in [2.24, 2.45) is 5.73 Å². The van der Waals surface area contributed by atoms with Gasteiger partial charge < -0.3 is 5.73 Å². The van der Waals surface area contributed by atoms with Gasteiger partial charge in [-0.25, -0.2) is 0 Å². The third-order valence-electron chi connectivity index (χ3n) is 1.16. The monoisotopic (exact) mass is 131 g/mol. The molecule has 0 amide bonds.